The fourth-order valence-electron chi connectivity index (χ4n) is 14.2. The summed E-state index contributed by atoms with van der Waals surface area (Å²) in [5.41, 5.74) is 3.36. The van der Waals surface area contributed by atoms with Crippen molar-refractivity contribution in [1.82, 2.24) is 5.32 Å². The summed E-state index contributed by atoms with van der Waals surface area (Å²) in [6.07, 6.45) is 8.67. The third-order valence-electron chi connectivity index (χ3n) is 17.6. The number of esters is 1. The predicted molar refractivity (Wildman–Crippen MR) is 263 cm³/mol. The second-order valence-corrected chi connectivity index (χ2v) is 22.2. The Labute approximate surface area is 406 Å². The number of ether oxygens (including phenoxy) is 6. The van der Waals surface area contributed by atoms with Crippen molar-refractivity contribution in [3.63, 3.8) is 0 Å². The van der Waals surface area contributed by atoms with E-state index in [1.54, 1.807) is 6.92 Å². The molecule has 0 unspecified atom stereocenters. The zero-order chi connectivity index (χ0) is 47.8. The van der Waals surface area contributed by atoms with Crippen LogP contribution in [0.15, 0.2) is 91.0 Å². The molecule has 5 aliphatic rings. The van der Waals surface area contributed by atoms with E-state index < -0.39 is 30.6 Å². The Kier molecular flexibility index (Phi) is 17.2. The van der Waals surface area contributed by atoms with E-state index in [4.69, 9.17) is 28.4 Å². The van der Waals surface area contributed by atoms with Crippen LogP contribution in [0.25, 0.3) is 0 Å². The number of fused-ring (bicyclic) bond motifs is 5. The molecule has 3 aromatic carbocycles. The van der Waals surface area contributed by atoms with E-state index in [0.29, 0.717) is 67.9 Å². The van der Waals surface area contributed by atoms with Crippen molar-refractivity contribution in [2.75, 3.05) is 13.2 Å². The molecule has 1 saturated heterocycles. The number of aliphatic hydroxyl groups is 1. The molecular weight excluding hydrogens is 855 g/mol. The van der Waals surface area contributed by atoms with E-state index in [2.05, 4.69) is 69.4 Å². The number of hydrogen-bond acceptors (Lipinski definition) is 9. The Balaban J connectivity index is 1.12. The minimum Gasteiger partial charge on any atom is -0.466 e. The molecule has 10 nitrogen and oxygen atoms in total. The standard InChI is InChI=1S/C58H81NO9/c1-38(33-64-41(4)61)17-16-18-39(2)49-32-50(52-47-26-25-45-31-46(62)27-29-57(45,5)48(47)28-30-58(49,52)6)67-56-53(59-40(3)60)55(66-36-44-23-14-9-15-24-44)54(65-35-43-21-12-8-13-22-43)51(68-56)37-63-34-42-19-10-7-11-20-42/h7-15,19-24,38-39,45-56,62H,16-18,25-37H2,1-6H3,(H,59,60)/t38-,39-,45+,46-,47-,48+,49-,50+,51-,52-,53-,54-,55-,56-,57+,58-/m1/s1. The highest BCUT2D eigenvalue weighted by atomic mass is 16.7. The average molecular weight is 936 g/mol. The molecule has 3 aromatic rings. The normalized spacial score (nSPS) is 35.3. The maximum Gasteiger partial charge on any atom is 0.302 e. The van der Waals surface area contributed by atoms with Gasteiger partial charge in [0.25, 0.3) is 0 Å². The van der Waals surface area contributed by atoms with Gasteiger partial charge in [-0.2, -0.15) is 0 Å². The third kappa shape index (κ3) is 11.9. The first-order valence-electron chi connectivity index (χ1n) is 26.1. The van der Waals surface area contributed by atoms with E-state index in [0.717, 1.165) is 80.9 Å². The summed E-state index contributed by atoms with van der Waals surface area (Å²) in [7, 11) is 0. The minimum absolute atomic E-state index is 0.0485. The van der Waals surface area contributed by atoms with Crippen LogP contribution in [0.5, 0.6) is 0 Å². The Morgan fingerprint density at radius 1 is 0.765 bits per heavy atom. The summed E-state index contributed by atoms with van der Waals surface area (Å²) in [6, 6.07) is 29.8. The quantitative estimate of drug-likeness (QED) is 0.107. The van der Waals surface area contributed by atoms with Gasteiger partial charge in [0.15, 0.2) is 6.29 Å². The highest BCUT2D eigenvalue weighted by molar-refractivity contribution is 5.73. The fraction of sp³-hybridized carbons (Fsp3) is 0.655. The summed E-state index contributed by atoms with van der Waals surface area (Å²) in [4.78, 5) is 25.0. The van der Waals surface area contributed by atoms with Crippen molar-refractivity contribution >= 4 is 11.9 Å². The molecule has 68 heavy (non-hydrogen) atoms. The number of carbonyl (C=O) groups is 2. The fourth-order valence-corrected chi connectivity index (χ4v) is 14.2. The van der Waals surface area contributed by atoms with E-state index in [-0.39, 0.29) is 41.5 Å². The van der Waals surface area contributed by atoms with Crippen molar-refractivity contribution in [2.45, 2.75) is 175 Å². The molecule has 4 saturated carbocycles. The van der Waals surface area contributed by atoms with Gasteiger partial charge in [-0.1, -0.05) is 132 Å². The molecule has 5 fully saturated rings. The van der Waals surface area contributed by atoms with Gasteiger partial charge in [0.1, 0.15) is 24.4 Å². The van der Waals surface area contributed by atoms with Gasteiger partial charge in [0.2, 0.25) is 5.91 Å². The lowest BCUT2D eigenvalue weighted by atomic mass is 9.44. The molecule has 1 aliphatic heterocycles. The molecule has 16 atom stereocenters. The lowest BCUT2D eigenvalue weighted by molar-refractivity contribution is -0.306. The Hall–Kier alpha value is -3.64. The lowest BCUT2D eigenvalue weighted by Gasteiger charge is -2.61. The molecule has 2 N–H and O–H groups in total. The number of benzene rings is 3. The van der Waals surface area contributed by atoms with Gasteiger partial charge in [0, 0.05) is 13.8 Å². The number of aliphatic hydroxyl groups excluding tert-OH is 1. The SMILES string of the molecule is CC(=O)N[C@H]1[C@H](O[C@H]2C[C@H]([C@H](C)CCC[C@@H](C)COC(C)=O)[C@@]3(C)CC[C@H]4[C@@H](CC[C@H]5C[C@H](O)CC[C@@]54C)[C@H]23)O[C@H](COCc2ccccc2)[C@@H](OCc2ccccc2)[C@@H]1OCc1ccccc1. The largest absolute Gasteiger partial charge is 0.466 e. The first-order chi connectivity index (χ1) is 32.8. The molecule has 1 heterocycles. The van der Waals surface area contributed by atoms with Crippen molar-refractivity contribution in [2.24, 2.45) is 52.3 Å². The van der Waals surface area contributed by atoms with Crippen molar-refractivity contribution < 1.29 is 43.1 Å². The molecular formula is C58H81NO9. The van der Waals surface area contributed by atoms with Gasteiger partial charge in [-0.25, -0.2) is 0 Å². The maximum atomic E-state index is 13.4. The number of hydrogen-bond donors (Lipinski definition) is 2. The van der Waals surface area contributed by atoms with Gasteiger partial charge in [-0.05, 0) is 127 Å². The molecule has 0 aromatic heterocycles. The molecule has 372 valence electrons. The van der Waals surface area contributed by atoms with Gasteiger partial charge >= 0.3 is 5.97 Å². The highest BCUT2D eigenvalue weighted by Gasteiger charge is 2.64. The zero-order valence-corrected chi connectivity index (χ0v) is 41.8. The molecule has 0 bridgehead atoms. The van der Waals surface area contributed by atoms with E-state index in [1.807, 2.05) is 54.6 Å². The van der Waals surface area contributed by atoms with Crippen molar-refractivity contribution in [1.29, 1.82) is 0 Å². The zero-order valence-electron chi connectivity index (χ0n) is 41.8. The van der Waals surface area contributed by atoms with E-state index in [9.17, 15) is 14.7 Å². The van der Waals surface area contributed by atoms with Gasteiger partial charge in [-0.15, -0.1) is 0 Å². The summed E-state index contributed by atoms with van der Waals surface area (Å²) in [5, 5.41) is 14.2. The number of nitrogens with one attached hydrogen (secondary N) is 1. The van der Waals surface area contributed by atoms with Crippen LogP contribution in [-0.2, 0) is 57.8 Å². The van der Waals surface area contributed by atoms with E-state index >= 15 is 0 Å². The summed E-state index contributed by atoms with van der Waals surface area (Å²) >= 11 is 0. The summed E-state index contributed by atoms with van der Waals surface area (Å²) < 4.78 is 40.7. The van der Waals surface area contributed by atoms with Crippen LogP contribution in [0.2, 0.25) is 0 Å². The van der Waals surface area contributed by atoms with Crippen LogP contribution in [0, 0.1) is 52.3 Å². The molecule has 1 amide bonds. The highest BCUT2D eigenvalue weighted by Crippen LogP contribution is 2.69. The number of carbonyl (C=O) groups excluding carboxylic acids is 2. The monoisotopic (exact) mass is 936 g/mol. The lowest BCUT2D eigenvalue weighted by Crippen LogP contribution is -2.66. The average Bonchev–Trinajstić information content (AvgIpc) is 3.63. The Morgan fingerprint density at radius 2 is 1.38 bits per heavy atom. The minimum atomic E-state index is -0.830. The molecule has 10 heteroatoms. The second-order valence-electron chi connectivity index (χ2n) is 22.2. The van der Waals surface area contributed by atoms with Crippen LogP contribution < -0.4 is 5.32 Å². The second kappa shape index (κ2) is 23.1. The van der Waals surface area contributed by atoms with Crippen LogP contribution in [0.1, 0.15) is 129 Å². The summed E-state index contributed by atoms with van der Waals surface area (Å²) in [6.45, 7) is 14.6. The summed E-state index contributed by atoms with van der Waals surface area (Å²) in [5.74, 6) is 2.68. The molecule has 0 spiro atoms. The number of amides is 1. The van der Waals surface area contributed by atoms with Crippen LogP contribution in [0.4, 0.5) is 0 Å². The van der Waals surface area contributed by atoms with E-state index in [1.165, 1.54) is 13.3 Å². The molecule has 0 radical (unpaired) electrons. The van der Waals surface area contributed by atoms with Crippen molar-refractivity contribution in [3.8, 4) is 0 Å². The topological polar surface area (TPSA) is 122 Å². The van der Waals surface area contributed by atoms with Crippen LogP contribution >= 0.6 is 0 Å². The smallest absolute Gasteiger partial charge is 0.302 e. The molecule has 4 aliphatic carbocycles. The maximum absolute atomic E-state index is 13.4. The Bertz CT molecular complexity index is 2040. The van der Waals surface area contributed by atoms with Crippen molar-refractivity contribution in [3.05, 3.63) is 108 Å². The van der Waals surface area contributed by atoms with Gasteiger partial charge < -0.3 is 38.8 Å². The molecule has 8 rings (SSSR count). The first kappa shape index (κ1) is 50.7. The number of rotatable bonds is 20. The van der Waals surface area contributed by atoms with Gasteiger partial charge in [0.05, 0.1) is 45.2 Å². The first-order valence-corrected chi connectivity index (χ1v) is 26.1. The predicted octanol–water partition coefficient (Wildman–Crippen LogP) is 10.6. The Morgan fingerprint density at radius 3 is 2.01 bits per heavy atom. The van der Waals surface area contributed by atoms with Crippen LogP contribution in [0.3, 0.4) is 0 Å². The van der Waals surface area contributed by atoms with Gasteiger partial charge in [-0.3, -0.25) is 9.59 Å². The third-order valence-corrected chi connectivity index (χ3v) is 17.6. The van der Waals surface area contributed by atoms with Crippen LogP contribution in [-0.4, -0.2) is 73.0 Å².